The molecule has 0 spiro atoms. The van der Waals surface area contributed by atoms with Gasteiger partial charge in [0.25, 0.3) is 5.91 Å². The largest absolute Gasteiger partial charge is 0.392 e. The summed E-state index contributed by atoms with van der Waals surface area (Å²) < 4.78 is 0. The second kappa shape index (κ2) is 7.94. The smallest absolute Gasteiger partial charge is 0.251 e. The van der Waals surface area contributed by atoms with E-state index in [1.54, 1.807) is 17.0 Å². The maximum atomic E-state index is 12.3. The number of nitrogens with zero attached hydrogens (tertiary/aromatic N) is 1. The molecular formula is C20H22N2O3. The van der Waals surface area contributed by atoms with Gasteiger partial charge in [0, 0.05) is 30.8 Å². The van der Waals surface area contributed by atoms with Gasteiger partial charge < -0.3 is 15.3 Å². The van der Waals surface area contributed by atoms with E-state index in [1.807, 2.05) is 36.4 Å². The Balaban J connectivity index is 1.63. The summed E-state index contributed by atoms with van der Waals surface area (Å²) in [6, 6.07) is 14.6. The fourth-order valence-electron chi connectivity index (χ4n) is 3.03. The highest BCUT2D eigenvalue weighted by atomic mass is 16.3. The minimum atomic E-state index is -0.177. The van der Waals surface area contributed by atoms with Gasteiger partial charge >= 0.3 is 0 Å². The SMILES string of the molecule is O=C(NCc1ccccc1CO)c1ccc(N2CCCCC2=O)cc1. The summed E-state index contributed by atoms with van der Waals surface area (Å²) >= 11 is 0. The van der Waals surface area contributed by atoms with Gasteiger partial charge in [0.1, 0.15) is 0 Å². The Kier molecular flexibility index (Phi) is 5.46. The van der Waals surface area contributed by atoms with E-state index in [1.165, 1.54) is 0 Å². The molecule has 1 aliphatic heterocycles. The molecule has 3 rings (SSSR count). The van der Waals surface area contributed by atoms with Crippen molar-refractivity contribution in [3.05, 3.63) is 65.2 Å². The zero-order chi connectivity index (χ0) is 17.6. The van der Waals surface area contributed by atoms with Gasteiger partial charge in [0.15, 0.2) is 0 Å². The van der Waals surface area contributed by atoms with Crippen molar-refractivity contribution in [2.24, 2.45) is 0 Å². The van der Waals surface area contributed by atoms with E-state index in [4.69, 9.17) is 0 Å². The molecular weight excluding hydrogens is 316 g/mol. The van der Waals surface area contributed by atoms with Gasteiger partial charge in [-0.05, 0) is 48.2 Å². The molecule has 2 aromatic rings. The summed E-state index contributed by atoms with van der Waals surface area (Å²) in [4.78, 5) is 26.1. The standard InChI is InChI=1S/C20H22N2O3/c23-14-17-6-2-1-5-16(17)13-21-20(25)15-8-10-18(11-9-15)22-12-4-3-7-19(22)24/h1-2,5-6,8-11,23H,3-4,7,12-14H2,(H,21,25). The van der Waals surface area contributed by atoms with Crippen LogP contribution in [0.5, 0.6) is 0 Å². The zero-order valence-electron chi connectivity index (χ0n) is 14.1. The average Bonchev–Trinajstić information content (AvgIpc) is 2.67. The number of aliphatic hydroxyl groups is 1. The summed E-state index contributed by atoms with van der Waals surface area (Å²) in [6.07, 6.45) is 2.55. The molecule has 0 saturated carbocycles. The fraction of sp³-hybridized carbons (Fsp3) is 0.300. The molecule has 130 valence electrons. The van der Waals surface area contributed by atoms with Crippen molar-refractivity contribution in [3.8, 4) is 0 Å². The van der Waals surface area contributed by atoms with Crippen molar-refractivity contribution in [1.82, 2.24) is 5.32 Å². The number of hydrogen-bond acceptors (Lipinski definition) is 3. The van der Waals surface area contributed by atoms with E-state index in [2.05, 4.69) is 5.32 Å². The third-order valence-corrected chi connectivity index (χ3v) is 4.49. The van der Waals surface area contributed by atoms with Gasteiger partial charge in [-0.25, -0.2) is 0 Å². The summed E-state index contributed by atoms with van der Waals surface area (Å²) in [6.45, 7) is 1.05. The van der Waals surface area contributed by atoms with Crippen LogP contribution in [0.2, 0.25) is 0 Å². The van der Waals surface area contributed by atoms with Crippen LogP contribution in [-0.2, 0) is 17.9 Å². The molecule has 1 saturated heterocycles. The number of amides is 2. The van der Waals surface area contributed by atoms with Crippen LogP contribution in [0.15, 0.2) is 48.5 Å². The molecule has 5 heteroatoms. The number of carbonyl (C=O) groups is 2. The van der Waals surface area contributed by atoms with Crippen molar-refractivity contribution in [2.45, 2.75) is 32.4 Å². The molecule has 1 heterocycles. The number of aliphatic hydroxyl groups excluding tert-OH is 1. The molecule has 25 heavy (non-hydrogen) atoms. The van der Waals surface area contributed by atoms with Crippen LogP contribution in [0.25, 0.3) is 0 Å². The minimum absolute atomic E-state index is 0.0510. The fourth-order valence-corrected chi connectivity index (χ4v) is 3.03. The van der Waals surface area contributed by atoms with E-state index in [-0.39, 0.29) is 18.4 Å². The predicted molar refractivity (Wildman–Crippen MR) is 96.2 cm³/mol. The van der Waals surface area contributed by atoms with Crippen molar-refractivity contribution in [2.75, 3.05) is 11.4 Å². The molecule has 2 aromatic carbocycles. The van der Waals surface area contributed by atoms with Gasteiger partial charge in [-0.3, -0.25) is 9.59 Å². The summed E-state index contributed by atoms with van der Waals surface area (Å²) in [5.74, 6) is -0.0340. The van der Waals surface area contributed by atoms with E-state index in [9.17, 15) is 14.7 Å². The molecule has 1 aliphatic rings. The average molecular weight is 338 g/mol. The number of piperidine rings is 1. The highest BCUT2D eigenvalue weighted by molar-refractivity contribution is 5.96. The molecule has 1 fully saturated rings. The number of benzene rings is 2. The van der Waals surface area contributed by atoms with Crippen LogP contribution in [0.3, 0.4) is 0 Å². The van der Waals surface area contributed by atoms with E-state index in [0.717, 1.165) is 36.2 Å². The van der Waals surface area contributed by atoms with E-state index in [0.29, 0.717) is 18.5 Å². The Morgan fingerprint density at radius 3 is 2.44 bits per heavy atom. The topological polar surface area (TPSA) is 69.6 Å². The van der Waals surface area contributed by atoms with Gasteiger partial charge in [-0.15, -0.1) is 0 Å². The lowest BCUT2D eigenvalue weighted by atomic mass is 10.1. The van der Waals surface area contributed by atoms with Gasteiger partial charge in [-0.2, -0.15) is 0 Å². The van der Waals surface area contributed by atoms with Gasteiger partial charge in [0.2, 0.25) is 5.91 Å². The van der Waals surface area contributed by atoms with E-state index >= 15 is 0 Å². The Bertz CT molecular complexity index is 756. The number of carbonyl (C=O) groups excluding carboxylic acids is 2. The van der Waals surface area contributed by atoms with Crippen LogP contribution in [0, 0.1) is 0 Å². The molecule has 2 amide bonds. The second-order valence-corrected chi connectivity index (χ2v) is 6.16. The molecule has 0 unspecified atom stereocenters. The molecule has 0 bridgehead atoms. The third-order valence-electron chi connectivity index (χ3n) is 4.49. The molecule has 5 nitrogen and oxygen atoms in total. The lowest BCUT2D eigenvalue weighted by Crippen LogP contribution is -2.35. The number of nitrogens with one attached hydrogen (secondary N) is 1. The molecule has 0 aliphatic carbocycles. The van der Waals surface area contributed by atoms with Crippen LogP contribution >= 0.6 is 0 Å². The van der Waals surface area contributed by atoms with E-state index < -0.39 is 0 Å². The Morgan fingerprint density at radius 2 is 1.76 bits per heavy atom. The van der Waals surface area contributed by atoms with Gasteiger partial charge in [-0.1, -0.05) is 24.3 Å². The first-order chi connectivity index (χ1) is 12.2. The zero-order valence-corrected chi connectivity index (χ0v) is 14.1. The van der Waals surface area contributed by atoms with Crippen LogP contribution in [0.4, 0.5) is 5.69 Å². The normalized spacial score (nSPS) is 14.4. The summed E-state index contributed by atoms with van der Waals surface area (Å²) in [5, 5.41) is 12.2. The Hall–Kier alpha value is -2.66. The van der Waals surface area contributed by atoms with Crippen molar-refractivity contribution in [3.63, 3.8) is 0 Å². The number of anilines is 1. The summed E-state index contributed by atoms with van der Waals surface area (Å²) in [7, 11) is 0. The molecule has 0 atom stereocenters. The maximum Gasteiger partial charge on any atom is 0.251 e. The first-order valence-corrected chi connectivity index (χ1v) is 8.55. The van der Waals surface area contributed by atoms with Crippen molar-refractivity contribution >= 4 is 17.5 Å². The highest BCUT2D eigenvalue weighted by Crippen LogP contribution is 2.21. The first-order valence-electron chi connectivity index (χ1n) is 8.55. The molecule has 0 aromatic heterocycles. The minimum Gasteiger partial charge on any atom is -0.392 e. The lowest BCUT2D eigenvalue weighted by Gasteiger charge is -2.26. The lowest BCUT2D eigenvalue weighted by molar-refractivity contribution is -0.119. The van der Waals surface area contributed by atoms with Crippen LogP contribution in [-0.4, -0.2) is 23.5 Å². The predicted octanol–water partition coefficient (Wildman–Crippen LogP) is 2.63. The molecule has 2 N–H and O–H groups in total. The number of rotatable bonds is 5. The highest BCUT2D eigenvalue weighted by Gasteiger charge is 2.19. The third kappa shape index (κ3) is 4.06. The maximum absolute atomic E-state index is 12.3. The Labute approximate surface area is 147 Å². The molecule has 0 radical (unpaired) electrons. The quantitative estimate of drug-likeness (QED) is 0.880. The summed E-state index contributed by atoms with van der Waals surface area (Å²) in [5.41, 5.74) is 3.09. The van der Waals surface area contributed by atoms with Crippen molar-refractivity contribution in [1.29, 1.82) is 0 Å². The Morgan fingerprint density at radius 1 is 1.04 bits per heavy atom. The first kappa shape index (κ1) is 17.2. The monoisotopic (exact) mass is 338 g/mol. The van der Waals surface area contributed by atoms with Gasteiger partial charge in [0.05, 0.1) is 6.61 Å². The van der Waals surface area contributed by atoms with Crippen LogP contribution in [0.1, 0.15) is 40.7 Å². The number of hydrogen-bond donors (Lipinski definition) is 2. The second-order valence-electron chi connectivity index (χ2n) is 6.16. The van der Waals surface area contributed by atoms with Crippen LogP contribution < -0.4 is 10.2 Å². The van der Waals surface area contributed by atoms with Crippen molar-refractivity contribution < 1.29 is 14.7 Å².